The summed E-state index contributed by atoms with van der Waals surface area (Å²) >= 11 is 3.37. The lowest BCUT2D eigenvalue weighted by atomic mass is 10.3. The van der Waals surface area contributed by atoms with Crippen molar-refractivity contribution < 1.29 is 10.2 Å². The van der Waals surface area contributed by atoms with Crippen LogP contribution in [0.4, 0.5) is 0 Å². The van der Waals surface area contributed by atoms with Crippen LogP contribution in [-0.2, 0) is 5.75 Å². The van der Waals surface area contributed by atoms with Gasteiger partial charge in [-0.1, -0.05) is 11.8 Å². The molecule has 0 radical (unpaired) electrons. The fourth-order valence-electron chi connectivity index (χ4n) is 0.901. The van der Waals surface area contributed by atoms with E-state index < -0.39 is 0 Å². The number of aliphatic hydroxyl groups is 2. The molecule has 0 saturated carbocycles. The molecule has 0 atom stereocenters. The number of aliphatic hydroxyl groups excluding tert-OH is 2. The van der Waals surface area contributed by atoms with Crippen LogP contribution in [0.15, 0.2) is 11.4 Å². The Hall–Kier alpha value is -0.470. The van der Waals surface area contributed by atoms with Gasteiger partial charge in [-0.05, 0) is 6.07 Å². The Bertz CT molecular complexity index is 322. The van der Waals surface area contributed by atoms with Gasteiger partial charge in [0.05, 0.1) is 6.61 Å². The molecule has 0 aromatic carbocycles. The number of hydrogen-bond donors (Lipinski definition) is 2. The van der Waals surface area contributed by atoms with Crippen molar-refractivity contribution in [3.63, 3.8) is 0 Å². The number of thiophene rings is 1. The third-order valence-corrected chi connectivity index (χ3v) is 3.55. The molecule has 14 heavy (non-hydrogen) atoms. The summed E-state index contributed by atoms with van der Waals surface area (Å²) in [5, 5.41) is 19.1. The molecule has 76 valence electrons. The molecule has 0 fully saturated rings. The van der Waals surface area contributed by atoms with Gasteiger partial charge in [-0.3, -0.25) is 0 Å². The predicted octanol–water partition coefficient (Wildman–Crippen LogP) is 1.32. The number of rotatable bonds is 4. The quantitative estimate of drug-likeness (QED) is 0.603. The van der Waals surface area contributed by atoms with Crippen LogP contribution < -0.4 is 0 Å². The molecule has 0 amide bonds. The Kier molecular flexibility index (Phi) is 5.72. The molecule has 1 aromatic heterocycles. The van der Waals surface area contributed by atoms with Gasteiger partial charge in [0.1, 0.15) is 6.61 Å². The third-order valence-electron chi connectivity index (χ3n) is 1.45. The summed E-state index contributed by atoms with van der Waals surface area (Å²) in [6.45, 7) is 0.137. The van der Waals surface area contributed by atoms with E-state index in [2.05, 4.69) is 11.8 Å². The standard InChI is InChI=1S/C10H12O2S2/c11-3-1-2-9-6-10(14-7-9)8-13-5-4-12/h6-7,11-12H,3-5,8H2. The summed E-state index contributed by atoms with van der Waals surface area (Å²) in [5.41, 5.74) is 0.962. The molecule has 0 aliphatic carbocycles. The summed E-state index contributed by atoms with van der Waals surface area (Å²) < 4.78 is 0. The zero-order valence-corrected chi connectivity index (χ0v) is 9.33. The number of hydrogen-bond acceptors (Lipinski definition) is 4. The second-order valence-corrected chi connectivity index (χ2v) is 4.64. The molecule has 2 N–H and O–H groups in total. The van der Waals surface area contributed by atoms with Crippen molar-refractivity contribution in [2.45, 2.75) is 5.75 Å². The Morgan fingerprint density at radius 2 is 2.29 bits per heavy atom. The van der Waals surface area contributed by atoms with Crippen LogP contribution in [-0.4, -0.2) is 29.2 Å². The summed E-state index contributed by atoms with van der Waals surface area (Å²) in [7, 11) is 0. The zero-order chi connectivity index (χ0) is 10.2. The molecule has 0 aliphatic heterocycles. The molecule has 0 unspecified atom stereocenters. The highest BCUT2D eigenvalue weighted by Gasteiger charge is 1.97. The van der Waals surface area contributed by atoms with Crippen molar-refractivity contribution in [2.24, 2.45) is 0 Å². The van der Waals surface area contributed by atoms with E-state index >= 15 is 0 Å². The van der Waals surface area contributed by atoms with Crippen molar-refractivity contribution in [1.29, 1.82) is 0 Å². The van der Waals surface area contributed by atoms with Gasteiger partial charge >= 0.3 is 0 Å². The lowest BCUT2D eigenvalue weighted by Gasteiger charge is -1.93. The maximum atomic E-state index is 8.60. The van der Waals surface area contributed by atoms with E-state index in [9.17, 15) is 0 Å². The van der Waals surface area contributed by atoms with Gasteiger partial charge in [0, 0.05) is 27.3 Å². The summed E-state index contributed by atoms with van der Waals surface area (Å²) in [6.07, 6.45) is 0. The van der Waals surface area contributed by atoms with Crippen LogP contribution in [0.2, 0.25) is 0 Å². The van der Waals surface area contributed by atoms with Gasteiger partial charge in [-0.2, -0.15) is 11.8 Å². The first-order valence-corrected chi connectivity index (χ1v) is 6.26. The molecule has 0 bridgehead atoms. The summed E-state index contributed by atoms with van der Waals surface area (Å²) in [6, 6.07) is 2.03. The largest absolute Gasteiger partial charge is 0.396 e. The van der Waals surface area contributed by atoms with Crippen molar-refractivity contribution in [3.8, 4) is 11.8 Å². The lowest BCUT2D eigenvalue weighted by Crippen LogP contribution is -1.85. The maximum Gasteiger partial charge on any atom is 0.104 e. The molecular formula is C10H12O2S2. The minimum Gasteiger partial charge on any atom is -0.396 e. The average molecular weight is 228 g/mol. The molecule has 2 nitrogen and oxygen atoms in total. The van der Waals surface area contributed by atoms with E-state index in [1.165, 1.54) is 4.88 Å². The monoisotopic (exact) mass is 228 g/mol. The van der Waals surface area contributed by atoms with Gasteiger partial charge < -0.3 is 10.2 Å². The van der Waals surface area contributed by atoms with Gasteiger partial charge in [0.25, 0.3) is 0 Å². The second kappa shape index (κ2) is 6.91. The average Bonchev–Trinajstić information content (AvgIpc) is 2.63. The summed E-state index contributed by atoms with van der Waals surface area (Å²) in [5.74, 6) is 7.16. The predicted molar refractivity (Wildman–Crippen MR) is 61.5 cm³/mol. The Balaban J connectivity index is 2.42. The number of thioether (sulfide) groups is 1. The Morgan fingerprint density at radius 1 is 1.43 bits per heavy atom. The van der Waals surface area contributed by atoms with Gasteiger partial charge in [0.15, 0.2) is 0 Å². The maximum absolute atomic E-state index is 8.60. The SMILES string of the molecule is OCC#Cc1csc(CSCCO)c1. The summed E-state index contributed by atoms with van der Waals surface area (Å²) in [4.78, 5) is 1.26. The zero-order valence-electron chi connectivity index (χ0n) is 7.69. The molecule has 1 heterocycles. The van der Waals surface area contributed by atoms with E-state index in [0.717, 1.165) is 17.1 Å². The highest BCUT2D eigenvalue weighted by atomic mass is 32.2. The van der Waals surface area contributed by atoms with E-state index in [-0.39, 0.29) is 13.2 Å². The van der Waals surface area contributed by atoms with Gasteiger partial charge in [-0.15, -0.1) is 11.3 Å². The first kappa shape index (κ1) is 11.6. The van der Waals surface area contributed by atoms with Crippen LogP contribution in [0.1, 0.15) is 10.4 Å². The van der Waals surface area contributed by atoms with Crippen molar-refractivity contribution in [2.75, 3.05) is 19.0 Å². The third kappa shape index (κ3) is 4.16. The topological polar surface area (TPSA) is 40.5 Å². The second-order valence-electron chi connectivity index (χ2n) is 2.54. The molecule has 4 heteroatoms. The highest BCUT2D eigenvalue weighted by molar-refractivity contribution is 7.98. The van der Waals surface area contributed by atoms with Gasteiger partial charge in [0.2, 0.25) is 0 Å². The van der Waals surface area contributed by atoms with Crippen LogP contribution in [0.5, 0.6) is 0 Å². The van der Waals surface area contributed by atoms with Crippen molar-refractivity contribution in [3.05, 3.63) is 21.9 Å². The van der Waals surface area contributed by atoms with E-state index in [1.54, 1.807) is 23.1 Å². The minimum absolute atomic E-state index is 0.0928. The fourth-order valence-corrected chi connectivity index (χ4v) is 2.58. The molecule has 1 aromatic rings. The van der Waals surface area contributed by atoms with Crippen LogP contribution in [0.25, 0.3) is 0 Å². The Labute approximate surface area is 92.0 Å². The highest BCUT2D eigenvalue weighted by Crippen LogP contribution is 2.19. The molecule has 1 rings (SSSR count). The first-order valence-electron chi connectivity index (χ1n) is 4.22. The minimum atomic E-state index is -0.0928. The fraction of sp³-hybridized carbons (Fsp3) is 0.400. The van der Waals surface area contributed by atoms with Gasteiger partial charge in [-0.25, -0.2) is 0 Å². The van der Waals surface area contributed by atoms with Crippen molar-refractivity contribution in [1.82, 2.24) is 0 Å². The van der Waals surface area contributed by atoms with E-state index in [4.69, 9.17) is 10.2 Å². The molecular weight excluding hydrogens is 216 g/mol. The van der Waals surface area contributed by atoms with Crippen LogP contribution in [0.3, 0.4) is 0 Å². The first-order chi connectivity index (χ1) is 6.86. The lowest BCUT2D eigenvalue weighted by molar-refractivity contribution is 0.322. The Morgan fingerprint density at radius 3 is 3.00 bits per heavy atom. The van der Waals surface area contributed by atoms with Crippen LogP contribution in [0, 0.1) is 11.8 Å². The molecule has 0 saturated heterocycles. The van der Waals surface area contributed by atoms with Crippen molar-refractivity contribution >= 4 is 23.1 Å². The smallest absolute Gasteiger partial charge is 0.104 e. The van der Waals surface area contributed by atoms with E-state index in [0.29, 0.717) is 0 Å². The van der Waals surface area contributed by atoms with E-state index in [1.807, 2.05) is 11.4 Å². The normalized spacial score (nSPS) is 9.57. The van der Waals surface area contributed by atoms with Crippen LogP contribution >= 0.6 is 23.1 Å². The molecule has 0 spiro atoms. The molecule has 0 aliphatic rings.